The number of nitrogens with zero attached hydrogens (tertiary/aromatic N) is 1. The van der Waals surface area contributed by atoms with Crippen molar-refractivity contribution in [1.29, 1.82) is 0 Å². The first kappa shape index (κ1) is 12.8. The van der Waals surface area contributed by atoms with Gasteiger partial charge in [0.15, 0.2) is 0 Å². The van der Waals surface area contributed by atoms with Crippen molar-refractivity contribution in [2.24, 2.45) is 0 Å². The summed E-state index contributed by atoms with van der Waals surface area (Å²) in [5, 5.41) is 3.55. The zero-order valence-electron chi connectivity index (χ0n) is 10.9. The van der Waals surface area contributed by atoms with Crippen LogP contribution in [0.4, 0.5) is 0 Å². The molecule has 2 aromatic rings. The van der Waals surface area contributed by atoms with E-state index in [9.17, 15) is 0 Å². The van der Waals surface area contributed by atoms with E-state index in [1.165, 1.54) is 5.56 Å². The number of imidazole rings is 1. The van der Waals surface area contributed by atoms with E-state index in [0.29, 0.717) is 6.04 Å². The molecule has 3 heteroatoms. The number of hydrogen-bond donors (Lipinski definition) is 2. The SMILES string of the molecule is CCCNC(CCc1ccccc1)c1ncc[nH]1. The molecule has 0 spiro atoms. The van der Waals surface area contributed by atoms with Gasteiger partial charge in [0.05, 0.1) is 6.04 Å². The molecule has 96 valence electrons. The predicted octanol–water partition coefficient (Wildman–Crippen LogP) is 3.08. The number of hydrogen-bond acceptors (Lipinski definition) is 2. The van der Waals surface area contributed by atoms with Crippen molar-refractivity contribution in [3.8, 4) is 0 Å². The normalized spacial score (nSPS) is 12.5. The molecule has 1 unspecified atom stereocenters. The highest BCUT2D eigenvalue weighted by atomic mass is 15.0. The molecule has 0 aliphatic rings. The lowest BCUT2D eigenvalue weighted by molar-refractivity contribution is 0.480. The monoisotopic (exact) mass is 243 g/mol. The predicted molar refractivity (Wildman–Crippen MR) is 74.4 cm³/mol. The van der Waals surface area contributed by atoms with E-state index in [2.05, 4.69) is 52.5 Å². The summed E-state index contributed by atoms with van der Waals surface area (Å²) in [4.78, 5) is 7.57. The van der Waals surface area contributed by atoms with Crippen LogP contribution in [0, 0.1) is 0 Å². The highest BCUT2D eigenvalue weighted by Crippen LogP contribution is 2.15. The van der Waals surface area contributed by atoms with E-state index >= 15 is 0 Å². The fraction of sp³-hybridized carbons (Fsp3) is 0.400. The molecule has 1 aromatic carbocycles. The van der Waals surface area contributed by atoms with Gasteiger partial charge in [0.25, 0.3) is 0 Å². The molecule has 0 fully saturated rings. The summed E-state index contributed by atoms with van der Waals surface area (Å²) < 4.78 is 0. The molecule has 0 bridgehead atoms. The Bertz CT molecular complexity index is 422. The van der Waals surface area contributed by atoms with Gasteiger partial charge >= 0.3 is 0 Å². The Morgan fingerprint density at radius 3 is 2.78 bits per heavy atom. The molecule has 0 aliphatic heterocycles. The van der Waals surface area contributed by atoms with E-state index in [1.54, 1.807) is 0 Å². The summed E-state index contributed by atoms with van der Waals surface area (Å²) in [5.41, 5.74) is 1.38. The second-order valence-corrected chi connectivity index (χ2v) is 4.51. The maximum atomic E-state index is 4.36. The van der Waals surface area contributed by atoms with Crippen LogP contribution >= 0.6 is 0 Å². The molecule has 3 nitrogen and oxygen atoms in total. The number of rotatable bonds is 7. The first-order chi connectivity index (χ1) is 8.90. The summed E-state index contributed by atoms with van der Waals surface area (Å²) in [6.07, 6.45) is 6.99. The number of benzene rings is 1. The number of aryl methyl sites for hydroxylation is 1. The zero-order chi connectivity index (χ0) is 12.6. The van der Waals surface area contributed by atoms with E-state index in [-0.39, 0.29) is 0 Å². The van der Waals surface area contributed by atoms with Crippen molar-refractivity contribution in [3.05, 3.63) is 54.1 Å². The first-order valence-electron chi connectivity index (χ1n) is 6.66. The van der Waals surface area contributed by atoms with Crippen LogP contribution in [0.1, 0.15) is 37.2 Å². The number of H-pyrrole nitrogens is 1. The van der Waals surface area contributed by atoms with Gasteiger partial charge in [0.1, 0.15) is 5.82 Å². The molecule has 2 N–H and O–H groups in total. The molecule has 0 amide bonds. The van der Waals surface area contributed by atoms with E-state index in [0.717, 1.165) is 31.6 Å². The van der Waals surface area contributed by atoms with Gasteiger partial charge in [0.2, 0.25) is 0 Å². The lowest BCUT2D eigenvalue weighted by Gasteiger charge is -2.16. The molecule has 1 atom stereocenters. The van der Waals surface area contributed by atoms with Gasteiger partial charge in [-0.1, -0.05) is 37.3 Å². The summed E-state index contributed by atoms with van der Waals surface area (Å²) in [6.45, 7) is 3.21. The molecule has 1 heterocycles. The van der Waals surface area contributed by atoms with Gasteiger partial charge in [-0.2, -0.15) is 0 Å². The summed E-state index contributed by atoms with van der Waals surface area (Å²) in [6, 6.07) is 10.9. The van der Waals surface area contributed by atoms with Gasteiger partial charge in [-0.3, -0.25) is 0 Å². The zero-order valence-corrected chi connectivity index (χ0v) is 10.9. The average Bonchev–Trinajstić information content (AvgIpc) is 2.94. The Labute approximate surface area is 109 Å². The minimum absolute atomic E-state index is 0.320. The average molecular weight is 243 g/mol. The minimum atomic E-state index is 0.320. The number of aromatic nitrogens is 2. The molecule has 2 rings (SSSR count). The van der Waals surface area contributed by atoms with Crippen molar-refractivity contribution < 1.29 is 0 Å². The second kappa shape index (κ2) is 6.97. The largest absolute Gasteiger partial charge is 0.347 e. The van der Waals surface area contributed by atoms with Crippen molar-refractivity contribution >= 4 is 0 Å². The molecule has 1 aromatic heterocycles. The third-order valence-electron chi connectivity index (χ3n) is 3.05. The van der Waals surface area contributed by atoms with Crippen molar-refractivity contribution in [3.63, 3.8) is 0 Å². The number of nitrogens with one attached hydrogen (secondary N) is 2. The van der Waals surface area contributed by atoms with Crippen LogP contribution < -0.4 is 5.32 Å². The highest BCUT2D eigenvalue weighted by Gasteiger charge is 2.12. The van der Waals surface area contributed by atoms with Crippen molar-refractivity contribution in [2.45, 2.75) is 32.2 Å². The Morgan fingerprint density at radius 1 is 1.28 bits per heavy atom. The number of aromatic amines is 1. The van der Waals surface area contributed by atoms with Gasteiger partial charge in [0, 0.05) is 12.4 Å². The molecular weight excluding hydrogens is 222 g/mol. The van der Waals surface area contributed by atoms with Crippen LogP contribution in [0.2, 0.25) is 0 Å². The van der Waals surface area contributed by atoms with Crippen LogP contribution in [0.25, 0.3) is 0 Å². The molecular formula is C15H21N3. The van der Waals surface area contributed by atoms with Crippen LogP contribution in [0.15, 0.2) is 42.7 Å². The lowest BCUT2D eigenvalue weighted by atomic mass is 10.0. The van der Waals surface area contributed by atoms with Crippen molar-refractivity contribution in [2.75, 3.05) is 6.54 Å². The fourth-order valence-corrected chi connectivity index (χ4v) is 2.08. The Balaban J connectivity index is 1.93. The standard InChI is InChI=1S/C15H21N3/c1-2-10-16-14(15-17-11-12-18-15)9-8-13-6-4-3-5-7-13/h3-7,11-12,14,16H,2,8-10H2,1H3,(H,17,18). The van der Waals surface area contributed by atoms with Crippen molar-refractivity contribution in [1.82, 2.24) is 15.3 Å². The summed E-state index contributed by atoms with van der Waals surface area (Å²) >= 11 is 0. The fourth-order valence-electron chi connectivity index (χ4n) is 2.08. The van der Waals surface area contributed by atoms with Crippen LogP contribution in [-0.2, 0) is 6.42 Å². The third kappa shape index (κ3) is 3.70. The van der Waals surface area contributed by atoms with E-state index < -0.39 is 0 Å². The Hall–Kier alpha value is -1.61. The maximum absolute atomic E-state index is 4.36. The van der Waals surface area contributed by atoms with Gasteiger partial charge in [-0.05, 0) is 31.4 Å². The third-order valence-corrected chi connectivity index (χ3v) is 3.05. The molecule has 0 radical (unpaired) electrons. The summed E-state index contributed by atoms with van der Waals surface area (Å²) in [7, 11) is 0. The lowest BCUT2D eigenvalue weighted by Crippen LogP contribution is -2.23. The van der Waals surface area contributed by atoms with Crippen LogP contribution in [0.5, 0.6) is 0 Å². The van der Waals surface area contributed by atoms with E-state index in [1.807, 2.05) is 12.4 Å². The van der Waals surface area contributed by atoms with Gasteiger partial charge < -0.3 is 10.3 Å². The quantitative estimate of drug-likeness (QED) is 0.784. The Kier molecular flexibility index (Phi) is 4.97. The van der Waals surface area contributed by atoms with E-state index in [4.69, 9.17) is 0 Å². The van der Waals surface area contributed by atoms with Gasteiger partial charge in [-0.15, -0.1) is 0 Å². The maximum Gasteiger partial charge on any atom is 0.123 e. The highest BCUT2D eigenvalue weighted by molar-refractivity contribution is 5.15. The van der Waals surface area contributed by atoms with Crippen LogP contribution in [-0.4, -0.2) is 16.5 Å². The second-order valence-electron chi connectivity index (χ2n) is 4.51. The van der Waals surface area contributed by atoms with Crippen LogP contribution in [0.3, 0.4) is 0 Å². The molecule has 0 saturated carbocycles. The summed E-state index contributed by atoms with van der Waals surface area (Å²) in [5.74, 6) is 1.04. The minimum Gasteiger partial charge on any atom is -0.347 e. The molecule has 0 saturated heterocycles. The molecule has 18 heavy (non-hydrogen) atoms. The van der Waals surface area contributed by atoms with Gasteiger partial charge in [-0.25, -0.2) is 4.98 Å². The topological polar surface area (TPSA) is 40.7 Å². The smallest absolute Gasteiger partial charge is 0.123 e. The first-order valence-corrected chi connectivity index (χ1v) is 6.66. The molecule has 0 aliphatic carbocycles. The Morgan fingerprint density at radius 2 is 2.11 bits per heavy atom.